The van der Waals surface area contributed by atoms with Crippen LogP contribution >= 0.6 is 0 Å². The summed E-state index contributed by atoms with van der Waals surface area (Å²) in [6, 6.07) is 7.96. The van der Waals surface area contributed by atoms with Crippen LogP contribution in [0.3, 0.4) is 0 Å². The molecule has 0 amide bonds. The van der Waals surface area contributed by atoms with Crippen LogP contribution in [-0.2, 0) is 16.0 Å². The van der Waals surface area contributed by atoms with Crippen molar-refractivity contribution in [3.63, 3.8) is 0 Å². The summed E-state index contributed by atoms with van der Waals surface area (Å²) < 4.78 is 0. The first-order valence-corrected chi connectivity index (χ1v) is 8.56. The van der Waals surface area contributed by atoms with Crippen LogP contribution in [0.15, 0.2) is 24.3 Å². The third-order valence-electron chi connectivity index (χ3n) is 2.92. The molecule has 3 heteroatoms. The van der Waals surface area contributed by atoms with Gasteiger partial charge in [-0.25, -0.2) is 0 Å². The maximum absolute atomic E-state index is 8.00. The van der Waals surface area contributed by atoms with E-state index in [0.29, 0.717) is 0 Å². The predicted molar refractivity (Wildman–Crippen MR) is 107 cm³/mol. The van der Waals surface area contributed by atoms with Crippen molar-refractivity contribution in [2.45, 2.75) is 73.6 Å². The van der Waals surface area contributed by atoms with Gasteiger partial charge in [0.2, 0.25) is 0 Å². The summed E-state index contributed by atoms with van der Waals surface area (Å²) in [5.41, 5.74) is 7.69. The van der Waals surface area contributed by atoms with E-state index in [2.05, 4.69) is 33.8 Å². The minimum absolute atomic E-state index is 0. The summed E-state index contributed by atoms with van der Waals surface area (Å²) in [6.07, 6.45) is 6.58. The molecular formula is C20H41NO2. The molecule has 2 N–H and O–H groups in total. The van der Waals surface area contributed by atoms with Gasteiger partial charge in [-0.3, -0.25) is 0 Å². The maximum atomic E-state index is 8.00. The van der Waals surface area contributed by atoms with Crippen molar-refractivity contribution in [3.05, 3.63) is 29.8 Å². The largest absolute Gasteiger partial charge is 0.399 e. The molecule has 0 bridgehead atoms. The number of nitrogens with two attached hydrogens (primary N) is 1. The molecule has 0 fully saturated rings. The van der Waals surface area contributed by atoms with E-state index in [9.17, 15) is 0 Å². The Balaban J connectivity index is -0.0000000743. The van der Waals surface area contributed by atoms with E-state index < -0.39 is 0 Å². The number of rotatable bonds is 5. The second-order valence-corrected chi connectivity index (χ2v) is 4.78. The molecule has 23 heavy (non-hydrogen) atoms. The zero-order valence-electron chi connectivity index (χ0n) is 16.2. The highest BCUT2D eigenvalue weighted by molar-refractivity contribution is 5.40. The molecule has 0 atom stereocenters. The van der Waals surface area contributed by atoms with Crippen LogP contribution in [0.1, 0.15) is 74.2 Å². The average Bonchev–Trinajstić information content (AvgIpc) is 2.61. The number of carbonyl (C=O) groups excluding carboxylic acids is 2. The van der Waals surface area contributed by atoms with Crippen molar-refractivity contribution >= 4 is 19.3 Å². The monoisotopic (exact) mass is 327 g/mol. The first-order valence-electron chi connectivity index (χ1n) is 8.56. The highest BCUT2D eigenvalue weighted by Crippen LogP contribution is 2.10. The summed E-state index contributed by atoms with van der Waals surface area (Å²) in [4.78, 5) is 16.0. The Bertz CT molecular complexity index is 314. The molecule has 138 valence electrons. The molecule has 0 saturated carbocycles. The molecule has 0 radical (unpaired) electrons. The van der Waals surface area contributed by atoms with Crippen molar-refractivity contribution < 1.29 is 11.0 Å². The Morgan fingerprint density at radius 1 is 1.00 bits per heavy atom. The fourth-order valence-corrected chi connectivity index (χ4v) is 1.94. The molecular weight excluding hydrogens is 286 g/mol. The van der Waals surface area contributed by atoms with Crippen molar-refractivity contribution in [2.75, 3.05) is 5.73 Å². The first-order chi connectivity index (χ1) is 11.1. The molecule has 1 rings (SSSR count). The van der Waals surface area contributed by atoms with Gasteiger partial charge in [0.25, 0.3) is 0 Å². The summed E-state index contributed by atoms with van der Waals surface area (Å²) in [6.45, 7) is 17.0. The van der Waals surface area contributed by atoms with Gasteiger partial charge in [0.15, 0.2) is 0 Å². The van der Waals surface area contributed by atoms with E-state index in [4.69, 9.17) is 15.3 Å². The first kappa shape index (κ1) is 29.4. The molecule has 0 unspecified atom stereocenters. The highest BCUT2D eigenvalue weighted by Gasteiger charge is 1.95. The van der Waals surface area contributed by atoms with Crippen LogP contribution in [0, 0.1) is 5.92 Å². The van der Waals surface area contributed by atoms with Crippen LogP contribution in [0.5, 0.6) is 0 Å². The molecule has 1 aromatic carbocycles. The second-order valence-electron chi connectivity index (χ2n) is 4.78. The van der Waals surface area contributed by atoms with Gasteiger partial charge in [-0.1, -0.05) is 79.4 Å². The summed E-state index contributed by atoms with van der Waals surface area (Å²) in [5, 5.41) is 0. The number of hydrogen-bond donors (Lipinski definition) is 1. The molecule has 3 nitrogen and oxygen atoms in total. The second kappa shape index (κ2) is 28.5. The third kappa shape index (κ3) is 25.6. The quantitative estimate of drug-likeness (QED) is 0.679. The van der Waals surface area contributed by atoms with Gasteiger partial charge in [-0.15, -0.1) is 0 Å². The maximum Gasteiger partial charge on any atom is 0.106 e. The number of anilines is 1. The fourth-order valence-electron chi connectivity index (χ4n) is 1.94. The Kier molecular flexibility index (Phi) is 36.4. The van der Waals surface area contributed by atoms with Gasteiger partial charge in [0.05, 0.1) is 0 Å². The molecule has 0 heterocycles. The lowest BCUT2D eigenvalue weighted by molar-refractivity contribution is -0.0987. The zero-order chi connectivity index (χ0) is 19.1. The van der Waals surface area contributed by atoms with E-state index in [0.717, 1.165) is 18.0 Å². The highest BCUT2D eigenvalue weighted by atomic mass is 16.1. The topological polar surface area (TPSA) is 60.2 Å². The van der Waals surface area contributed by atoms with Gasteiger partial charge >= 0.3 is 0 Å². The lowest BCUT2D eigenvalue weighted by atomic mass is 10.0. The Morgan fingerprint density at radius 3 is 1.70 bits per heavy atom. The van der Waals surface area contributed by atoms with Gasteiger partial charge in [-0.05, 0) is 30.0 Å². The SMILES string of the molecule is C=O.C=O.CC.CCCC(C)CCC.CCc1cccc(N)c1.[HH]. The molecule has 0 aliphatic rings. The van der Waals surface area contributed by atoms with Crippen molar-refractivity contribution in [2.24, 2.45) is 5.92 Å². The molecule has 1 aromatic rings. The Morgan fingerprint density at radius 2 is 1.43 bits per heavy atom. The van der Waals surface area contributed by atoms with Gasteiger partial charge < -0.3 is 15.3 Å². The smallest absolute Gasteiger partial charge is 0.106 e. The number of hydrogen-bond acceptors (Lipinski definition) is 3. The fraction of sp³-hybridized carbons (Fsp3) is 0.600. The van der Waals surface area contributed by atoms with E-state index in [1.165, 1.54) is 31.2 Å². The zero-order valence-corrected chi connectivity index (χ0v) is 16.2. The van der Waals surface area contributed by atoms with Gasteiger partial charge in [0, 0.05) is 7.11 Å². The number of carbonyl (C=O) groups is 2. The van der Waals surface area contributed by atoms with E-state index in [-0.39, 0.29) is 1.43 Å². The third-order valence-corrected chi connectivity index (χ3v) is 2.92. The number of benzene rings is 1. The lowest BCUT2D eigenvalue weighted by Gasteiger charge is -2.05. The van der Waals surface area contributed by atoms with E-state index in [1.54, 1.807) is 0 Å². The summed E-state index contributed by atoms with van der Waals surface area (Å²) >= 11 is 0. The number of nitrogen functional groups attached to an aromatic ring is 1. The van der Waals surface area contributed by atoms with E-state index >= 15 is 0 Å². The van der Waals surface area contributed by atoms with E-state index in [1.807, 2.05) is 45.6 Å². The minimum atomic E-state index is 0. The van der Waals surface area contributed by atoms with Crippen LogP contribution in [0.2, 0.25) is 0 Å². The van der Waals surface area contributed by atoms with Crippen LogP contribution in [0.4, 0.5) is 5.69 Å². The molecule has 0 aliphatic carbocycles. The Labute approximate surface area is 146 Å². The van der Waals surface area contributed by atoms with Crippen LogP contribution in [-0.4, -0.2) is 13.6 Å². The molecule has 0 aliphatic heterocycles. The normalized spacial score (nSPS) is 7.96. The van der Waals surface area contributed by atoms with Crippen LogP contribution < -0.4 is 5.73 Å². The summed E-state index contributed by atoms with van der Waals surface area (Å²) in [5.74, 6) is 0.963. The van der Waals surface area contributed by atoms with Gasteiger partial charge in [0.1, 0.15) is 13.6 Å². The Hall–Kier alpha value is -1.64. The van der Waals surface area contributed by atoms with Crippen molar-refractivity contribution in [1.29, 1.82) is 0 Å². The average molecular weight is 328 g/mol. The molecule has 0 saturated heterocycles. The van der Waals surface area contributed by atoms with Crippen LogP contribution in [0.25, 0.3) is 0 Å². The molecule has 0 spiro atoms. The number of aryl methyl sites for hydroxylation is 1. The molecule has 0 aromatic heterocycles. The standard InChI is InChI=1S/C8H11N.C8H18.C2H6.2CH2O.H2/c1-2-7-4-3-5-8(9)6-7;1-4-6-8(3)7-5-2;3*1-2;/h3-6H,2,9H2,1H3;8H,4-7H2,1-3H3;1-2H3;2*1H2;1H. The summed E-state index contributed by atoms with van der Waals surface area (Å²) in [7, 11) is 0. The lowest BCUT2D eigenvalue weighted by Crippen LogP contribution is -1.91. The van der Waals surface area contributed by atoms with Gasteiger partial charge in [-0.2, -0.15) is 0 Å². The minimum Gasteiger partial charge on any atom is -0.399 e. The van der Waals surface area contributed by atoms with Crippen molar-refractivity contribution in [3.8, 4) is 0 Å². The van der Waals surface area contributed by atoms with Crippen molar-refractivity contribution in [1.82, 2.24) is 0 Å². The predicted octanol–water partition coefficient (Wildman–Crippen LogP) is 5.96.